The Morgan fingerprint density at radius 2 is 1.92 bits per heavy atom. The number of ether oxygens (including phenoxy) is 1. The SMILES string of the molecule is CCO[C@@H](C)CNC(=O)N1CCN(Cc2ccccc2CO)CC1. The minimum Gasteiger partial charge on any atom is -0.392 e. The van der Waals surface area contributed by atoms with Gasteiger partial charge in [0, 0.05) is 45.9 Å². The maximum Gasteiger partial charge on any atom is 0.317 e. The molecule has 6 heteroatoms. The standard InChI is InChI=1S/C18H29N3O3/c1-3-24-15(2)12-19-18(23)21-10-8-20(9-11-21)13-16-6-4-5-7-17(16)14-22/h4-7,15,22H,3,8-14H2,1-2H3,(H,19,23)/t15-/m0/s1. The summed E-state index contributed by atoms with van der Waals surface area (Å²) in [5.74, 6) is 0. The van der Waals surface area contributed by atoms with Gasteiger partial charge in [0.15, 0.2) is 0 Å². The summed E-state index contributed by atoms with van der Waals surface area (Å²) in [6.45, 7) is 9.10. The Balaban J connectivity index is 1.75. The highest BCUT2D eigenvalue weighted by Crippen LogP contribution is 2.13. The molecule has 0 aromatic heterocycles. The van der Waals surface area contributed by atoms with E-state index >= 15 is 0 Å². The van der Waals surface area contributed by atoms with Gasteiger partial charge in [-0.15, -0.1) is 0 Å². The molecule has 134 valence electrons. The number of nitrogens with one attached hydrogen (secondary N) is 1. The van der Waals surface area contributed by atoms with E-state index in [2.05, 4.69) is 16.3 Å². The average Bonchev–Trinajstić information content (AvgIpc) is 2.61. The quantitative estimate of drug-likeness (QED) is 0.791. The fraction of sp³-hybridized carbons (Fsp3) is 0.611. The van der Waals surface area contributed by atoms with Crippen LogP contribution >= 0.6 is 0 Å². The highest BCUT2D eigenvalue weighted by Gasteiger charge is 2.21. The van der Waals surface area contributed by atoms with Crippen molar-refractivity contribution >= 4 is 6.03 Å². The first-order chi connectivity index (χ1) is 11.6. The molecular weight excluding hydrogens is 306 g/mol. The second-order valence-electron chi connectivity index (χ2n) is 6.14. The van der Waals surface area contributed by atoms with E-state index in [1.165, 1.54) is 0 Å². The molecule has 0 aliphatic carbocycles. The number of nitrogens with zero attached hydrogens (tertiary/aromatic N) is 2. The second-order valence-corrected chi connectivity index (χ2v) is 6.14. The summed E-state index contributed by atoms with van der Waals surface area (Å²) in [5.41, 5.74) is 2.13. The van der Waals surface area contributed by atoms with E-state index in [9.17, 15) is 9.90 Å². The summed E-state index contributed by atoms with van der Waals surface area (Å²) < 4.78 is 5.42. The summed E-state index contributed by atoms with van der Waals surface area (Å²) in [6, 6.07) is 7.94. The van der Waals surface area contributed by atoms with Crippen LogP contribution in [0, 0.1) is 0 Å². The number of hydrogen-bond acceptors (Lipinski definition) is 4. The molecule has 1 aromatic carbocycles. The van der Waals surface area contributed by atoms with E-state index < -0.39 is 0 Å². The highest BCUT2D eigenvalue weighted by atomic mass is 16.5. The Hall–Kier alpha value is -1.63. The van der Waals surface area contributed by atoms with Crippen LogP contribution in [0.25, 0.3) is 0 Å². The van der Waals surface area contributed by atoms with Crippen molar-refractivity contribution in [2.75, 3.05) is 39.3 Å². The molecule has 0 bridgehead atoms. The van der Waals surface area contributed by atoms with Gasteiger partial charge in [0.2, 0.25) is 0 Å². The lowest BCUT2D eigenvalue weighted by molar-refractivity contribution is 0.0744. The number of benzene rings is 1. The number of carbonyl (C=O) groups excluding carboxylic acids is 1. The molecule has 0 unspecified atom stereocenters. The number of amides is 2. The minimum atomic E-state index is -0.0167. The molecule has 1 fully saturated rings. The maximum absolute atomic E-state index is 12.2. The van der Waals surface area contributed by atoms with Crippen LogP contribution in [0.3, 0.4) is 0 Å². The Labute approximate surface area is 144 Å². The molecule has 6 nitrogen and oxygen atoms in total. The molecular formula is C18H29N3O3. The number of rotatable bonds is 7. The van der Waals surface area contributed by atoms with Crippen molar-refractivity contribution in [2.45, 2.75) is 33.1 Å². The zero-order chi connectivity index (χ0) is 17.4. The summed E-state index contributed by atoms with van der Waals surface area (Å²) in [6.07, 6.45) is 0.0372. The Morgan fingerprint density at radius 3 is 2.54 bits per heavy atom. The number of aliphatic hydroxyl groups excluding tert-OH is 1. The number of aliphatic hydroxyl groups is 1. The van der Waals surface area contributed by atoms with E-state index in [4.69, 9.17) is 4.74 Å². The fourth-order valence-electron chi connectivity index (χ4n) is 2.90. The van der Waals surface area contributed by atoms with Gasteiger partial charge < -0.3 is 20.1 Å². The molecule has 1 atom stereocenters. The smallest absolute Gasteiger partial charge is 0.317 e. The van der Waals surface area contributed by atoms with Crippen LogP contribution < -0.4 is 5.32 Å². The van der Waals surface area contributed by atoms with Crippen LogP contribution in [0.1, 0.15) is 25.0 Å². The summed E-state index contributed by atoms with van der Waals surface area (Å²) in [7, 11) is 0. The van der Waals surface area contributed by atoms with Gasteiger partial charge >= 0.3 is 6.03 Å². The lowest BCUT2D eigenvalue weighted by atomic mass is 10.1. The third-order valence-electron chi connectivity index (χ3n) is 4.33. The van der Waals surface area contributed by atoms with Crippen LogP contribution in [0.2, 0.25) is 0 Å². The van der Waals surface area contributed by atoms with E-state index in [0.29, 0.717) is 13.2 Å². The third kappa shape index (κ3) is 5.47. The van der Waals surface area contributed by atoms with Crippen molar-refractivity contribution < 1.29 is 14.6 Å². The maximum atomic E-state index is 12.2. The van der Waals surface area contributed by atoms with Gasteiger partial charge in [-0.1, -0.05) is 24.3 Å². The lowest BCUT2D eigenvalue weighted by Gasteiger charge is -2.35. The molecule has 2 N–H and O–H groups in total. The van der Waals surface area contributed by atoms with Gasteiger partial charge in [0.05, 0.1) is 12.7 Å². The van der Waals surface area contributed by atoms with Crippen molar-refractivity contribution in [3.8, 4) is 0 Å². The number of piperazine rings is 1. The van der Waals surface area contributed by atoms with E-state index in [0.717, 1.165) is 43.9 Å². The average molecular weight is 335 g/mol. The van der Waals surface area contributed by atoms with Crippen molar-refractivity contribution in [2.24, 2.45) is 0 Å². The number of urea groups is 1. The number of hydrogen-bond donors (Lipinski definition) is 2. The van der Waals surface area contributed by atoms with Crippen molar-refractivity contribution in [1.29, 1.82) is 0 Å². The molecule has 24 heavy (non-hydrogen) atoms. The van der Waals surface area contributed by atoms with E-state index in [-0.39, 0.29) is 18.7 Å². The van der Waals surface area contributed by atoms with Crippen molar-refractivity contribution in [3.63, 3.8) is 0 Å². The predicted octanol–water partition coefficient (Wildman–Crippen LogP) is 1.43. The molecule has 2 amide bonds. The molecule has 0 saturated carbocycles. The molecule has 2 rings (SSSR count). The zero-order valence-corrected chi connectivity index (χ0v) is 14.7. The molecule has 1 aliphatic heterocycles. The molecule has 1 heterocycles. The van der Waals surface area contributed by atoms with Gasteiger partial charge in [-0.2, -0.15) is 0 Å². The monoisotopic (exact) mass is 335 g/mol. The normalized spacial score (nSPS) is 16.9. The Kier molecular flexibility index (Phi) is 7.49. The van der Waals surface area contributed by atoms with Crippen molar-refractivity contribution in [3.05, 3.63) is 35.4 Å². The topological polar surface area (TPSA) is 65.0 Å². The van der Waals surface area contributed by atoms with Crippen LogP contribution in [0.15, 0.2) is 24.3 Å². The number of carbonyl (C=O) groups is 1. The first kappa shape index (κ1) is 18.7. The fourth-order valence-corrected chi connectivity index (χ4v) is 2.90. The molecule has 1 aliphatic rings. The predicted molar refractivity (Wildman–Crippen MR) is 93.7 cm³/mol. The van der Waals surface area contributed by atoms with E-state index in [1.807, 2.05) is 36.9 Å². The van der Waals surface area contributed by atoms with Gasteiger partial charge in [-0.25, -0.2) is 4.79 Å². The Bertz CT molecular complexity index is 516. The minimum absolute atomic E-state index is 0.0167. The Morgan fingerprint density at radius 1 is 1.25 bits per heavy atom. The van der Waals surface area contributed by atoms with Crippen LogP contribution in [-0.2, 0) is 17.9 Å². The zero-order valence-electron chi connectivity index (χ0n) is 14.7. The molecule has 0 radical (unpaired) electrons. The van der Waals surface area contributed by atoms with Crippen LogP contribution in [0.4, 0.5) is 4.79 Å². The first-order valence-electron chi connectivity index (χ1n) is 8.68. The summed E-state index contributed by atoms with van der Waals surface area (Å²) in [5, 5.41) is 12.3. The molecule has 1 aromatic rings. The van der Waals surface area contributed by atoms with Crippen LogP contribution in [-0.4, -0.2) is 66.4 Å². The van der Waals surface area contributed by atoms with Gasteiger partial charge in [0.1, 0.15) is 0 Å². The second kappa shape index (κ2) is 9.61. The lowest BCUT2D eigenvalue weighted by Crippen LogP contribution is -2.52. The molecule has 1 saturated heterocycles. The van der Waals surface area contributed by atoms with Gasteiger partial charge in [-0.3, -0.25) is 4.90 Å². The molecule has 0 spiro atoms. The summed E-state index contributed by atoms with van der Waals surface area (Å²) >= 11 is 0. The highest BCUT2D eigenvalue weighted by molar-refractivity contribution is 5.74. The van der Waals surface area contributed by atoms with Gasteiger partial charge in [-0.05, 0) is 25.0 Å². The first-order valence-corrected chi connectivity index (χ1v) is 8.68. The van der Waals surface area contributed by atoms with Gasteiger partial charge in [0.25, 0.3) is 0 Å². The van der Waals surface area contributed by atoms with Crippen molar-refractivity contribution in [1.82, 2.24) is 15.1 Å². The third-order valence-corrected chi connectivity index (χ3v) is 4.33. The summed E-state index contributed by atoms with van der Waals surface area (Å²) in [4.78, 5) is 16.4. The van der Waals surface area contributed by atoms with Crippen LogP contribution in [0.5, 0.6) is 0 Å². The largest absolute Gasteiger partial charge is 0.392 e. The van der Waals surface area contributed by atoms with E-state index in [1.54, 1.807) is 0 Å².